The summed E-state index contributed by atoms with van der Waals surface area (Å²) in [6, 6.07) is -0.00256. The van der Waals surface area contributed by atoms with Crippen molar-refractivity contribution in [2.24, 2.45) is 5.92 Å². The second-order valence-electron chi connectivity index (χ2n) is 7.64. The average molecular weight is 339 g/mol. The van der Waals surface area contributed by atoms with Crippen LogP contribution in [0.5, 0.6) is 0 Å². The predicted octanol–water partition coefficient (Wildman–Crippen LogP) is 4.28. The quantitative estimate of drug-likeness (QED) is 0.646. The molecule has 2 amide bonds. The molecule has 24 heavy (non-hydrogen) atoms. The van der Waals surface area contributed by atoms with Gasteiger partial charge in [-0.1, -0.05) is 53.4 Å². The Morgan fingerprint density at radius 3 is 2.33 bits per heavy atom. The zero-order chi connectivity index (χ0) is 17.9. The predicted molar refractivity (Wildman–Crippen MR) is 99.8 cm³/mol. The molecule has 1 fully saturated rings. The molecule has 0 aliphatic heterocycles. The summed E-state index contributed by atoms with van der Waals surface area (Å²) >= 11 is 0. The normalized spacial score (nSPS) is 16.9. The molecule has 0 radical (unpaired) electrons. The minimum Gasteiger partial charge on any atom is -0.352 e. The van der Waals surface area contributed by atoms with Crippen molar-refractivity contribution in [3.63, 3.8) is 0 Å². The number of amides is 2. The van der Waals surface area contributed by atoms with Crippen LogP contribution in [0.1, 0.15) is 91.9 Å². The lowest BCUT2D eigenvalue weighted by Crippen LogP contribution is -2.52. The van der Waals surface area contributed by atoms with E-state index in [1.54, 1.807) is 0 Å². The van der Waals surface area contributed by atoms with E-state index in [0.717, 1.165) is 32.1 Å². The monoisotopic (exact) mass is 338 g/mol. The molecule has 1 N–H and O–H groups in total. The summed E-state index contributed by atoms with van der Waals surface area (Å²) in [7, 11) is 0. The molecule has 1 saturated carbocycles. The van der Waals surface area contributed by atoms with Gasteiger partial charge in [-0.05, 0) is 38.0 Å². The Morgan fingerprint density at radius 1 is 1.12 bits per heavy atom. The summed E-state index contributed by atoms with van der Waals surface area (Å²) in [5.41, 5.74) is 0. The minimum absolute atomic E-state index is 0.0541. The van der Waals surface area contributed by atoms with Gasteiger partial charge < -0.3 is 10.2 Å². The maximum absolute atomic E-state index is 12.8. The largest absolute Gasteiger partial charge is 0.352 e. The molecule has 0 aromatic heterocycles. The molecule has 0 saturated heterocycles. The lowest BCUT2D eigenvalue weighted by Gasteiger charge is -2.33. The van der Waals surface area contributed by atoms with E-state index in [1.165, 1.54) is 19.3 Å². The fourth-order valence-corrected chi connectivity index (χ4v) is 3.43. The Kier molecular flexibility index (Phi) is 10.0. The third-order valence-electron chi connectivity index (χ3n) is 5.03. The second kappa shape index (κ2) is 11.5. The lowest BCUT2D eigenvalue weighted by atomic mass is 9.95. The van der Waals surface area contributed by atoms with Crippen molar-refractivity contribution in [2.75, 3.05) is 6.54 Å². The zero-order valence-corrected chi connectivity index (χ0v) is 16.3. The van der Waals surface area contributed by atoms with Crippen molar-refractivity contribution in [3.05, 3.63) is 0 Å². The van der Waals surface area contributed by atoms with Crippen LogP contribution in [0.3, 0.4) is 0 Å². The standard InChI is InChI=1S/C20H38N2O2/c1-5-7-15-22(19(23)14-13-16(3)4)18(6-2)20(24)21-17-11-9-8-10-12-17/h16-18H,5-15H2,1-4H3,(H,21,24). The Labute approximate surface area is 148 Å². The highest BCUT2D eigenvalue weighted by Crippen LogP contribution is 2.19. The van der Waals surface area contributed by atoms with E-state index < -0.39 is 0 Å². The Bertz CT molecular complexity index is 376. The molecule has 1 rings (SSSR count). The van der Waals surface area contributed by atoms with Gasteiger partial charge in [-0.2, -0.15) is 0 Å². The van der Waals surface area contributed by atoms with Gasteiger partial charge in [0, 0.05) is 19.0 Å². The van der Waals surface area contributed by atoms with Crippen molar-refractivity contribution >= 4 is 11.8 Å². The highest BCUT2D eigenvalue weighted by molar-refractivity contribution is 5.87. The molecule has 4 heteroatoms. The zero-order valence-electron chi connectivity index (χ0n) is 16.3. The molecule has 0 heterocycles. The molecule has 1 unspecified atom stereocenters. The number of nitrogens with zero attached hydrogens (tertiary/aromatic N) is 1. The first-order chi connectivity index (χ1) is 11.5. The number of carbonyl (C=O) groups excluding carboxylic acids is 2. The first-order valence-corrected chi connectivity index (χ1v) is 10.1. The van der Waals surface area contributed by atoms with Gasteiger partial charge in [0.2, 0.25) is 11.8 Å². The van der Waals surface area contributed by atoms with Crippen LogP contribution in [0.25, 0.3) is 0 Å². The molecule has 140 valence electrons. The highest BCUT2D eigenvalue weighted by atomic mass is 16.2. The summed E-state index contributed by atoms with van der Waals surface area (Å²) in [5.74, 6) is 0.708. The second-order valence-corrected chi connectivity index (χ2v) is 7.64. The van der Waals surface area contributed by atoms with E-state index in [1.807, 2.05) is 11.8 Å². The number of hydrogen-bond acceptors (Lipinski definition) is 2. The molecule has 1 aliphatic rings. The van der Waals surface area contributed by atoms with Crippen LogP contribution in [0, 0.1) is 5.92 Å². The number of hydrogen-bond donors (Lipinski definition) is 1. The Balaban J connectivity index is 2.70. The number of carbonyl (C=O) groups is 2. The summed E-state index contributed by atoms with van der Waals surface area (Å²) in [6.07, 6.45) is 9.97. The SMILES string of the molecule is CCCCN(C(=O)CCC(C)C)C(CC)C(=O)NC1CCCCC1. The van der Waals surface area contributed by atoms with Crippen molar-refractivity contribution in [1.29, 1.82) is 0 Å². The third kappa shape index (κ3) is 7.23. The molecule has 0 aromatic rings. The first kappa shape index (κ1) is 21.0. The van der Waals surface area contributed by atoms with Crippen molar-refractivity contribution in [2.45, 2.75) is 104 Å². The smallest absolute Gasteiger partial charge is 0.243 e. The molecule has 1 aliphatic carbocycles. The fraction of sp³-hybridized carbons (Fsp3) is 0.900. The van der Waals surface area contributed by atoms with Crippen LogP contribution in [0.15, 0.2) is 0 Å². The van der Waals surface area contributed by atoms with Gasteiger partial charge in [-0.3, -0.25) is 9.59 Å². The van der Waals surface area contributed by atoms with E-state index in [0.29, 0.717) is 31.3 Å². The Morgan fingerprint density at radius 2 is 1.79 bits per heavy atom. The van der Waals surface area contributed by atoms with Gasteiger partial charge in [0.25, 0.3) is 0 Å². The molecular weight excluding hydrogens is 300 g/mol. The first-order valence-electron chi connectivity index (χ1n) is 10.1. The van der Waals surface area contributed by atoms with Gasteiger partial charge in [-0.15, -0.1) is 0 Å². The number of rotatable bonds is 10. The fourth-order valence-electron chi connectivity index (χ4n) is 3.43. The van der Waals surface area contributed by atoms with E-state index in [-0.39, 0.29) is 17.9 Å². The van der Waals surface area contributed by atoms with Crippen LogP contribution >= 0.6 is 0 Å². The van der Waals surface area contributed by atoms with Crippen LogP contribution in [0.4, 0.5) is 0 Å². The van der Waals surface area contributed by atoms with Crippen LogP contribution in [-0.4, -0.2) is 35.3 Å². The van der Waals surface area contributed by atoms with Crippen LogP contribution in [-0.2, 0) is 9.59 Å². The van der Waals surface area contributed by atoms with Crippen LogP contribution in [0.2, 0.25) is 0 Å². The maximum Gasteiger partial charge on any atom is 0.243 e. The Hall–Kier alpha value is -1.06. The van der Waals surface area contributed by atoms with E-state index >= 15 is 0 Å². The van der Waals surface area contributed by atoms with E-state index in [9.17, 15) is 9.59 Å². The number of unbranched alkanes of at least 4 members (excludes halogenated alkanes) is 1. The highest BCUT2D eigenvalue weighted by Gasteiger charge is 2.29. The van der Waals surface area contributed by atoms with Gasteiger partial charge in [0.05, 0.1) is 0 Å². The molecule has 0 bridgehead atoms. The van der Waals surface area contributed by atoms with Crippen molar-refractivity contribution < 1.29 is 9.59 Å². The molecule has 4 nitrogen and oxygen atoms in total. The van der Waals surface area contributed by atoms with Gasteiger partial charge in [-0.25, -0.2) is 0 Å². The third-order valence-corrected chi connectivity index (χ3v) is 5.03. The number of nitrogens with one attached hydrogen (secondary N) is 1. The van der Waals surface area contributed by atoms with Gasteiger partial charge in [0.1, 0.15) is 6.04 Å². The van der Waals surface area contributed by atoms with Gasteiger partial charge in [0.15, 0.2) is 0 Å². The lowest BCUT2D eigenvalue weighted by molar-refractivity contribution is -0.141. The summed E-state index contributed by atoms with van der Waals surface area (Å²) in [4.78, 5) is 27.3. The summed E-state index contributed by atoms with van der Waals surface area (Å²) in [5, 5.41) is 3.21. The summed E-state index contributed by atoms with van der Waals surface area (Å²) in [6.45, 7) is 9.11. The van der Waals surface area contributed by atoms with E-state index in [4.69, 9.17) is 0 Å². The van der Waals surface area contributed by atoms with E-state index in [2.05, 4.69) is 26.1 Å². The van der Waals surface area contributed by atoms with Crippen molar-refractivity contribution in [3.8, 4) is 0 Å². The topological polar surface area (TPSA) is 49.4 Å². The molecule has 0 aromatic carbocycles. The van der Waals surface area contributed by atoms with Crippen LogP contribution < -0.4 is 5.32 Å². The molecule has 0 spiro atoms. The maximum atomic E-state index is 12.8. The molecule has 1 atom stereocenters. The summed E-state index contributed by atoms with van der Waals surface area (Å²) < 4.78 is 0. The average Bonchev–Trinajstić information content (AvgIpc) is 2.57. The van der Waals surface area contributed by atoms with Gasteiger partial charge >= 0.3 is 0 Å². The minimum atomic E-state index is -0.307. The van der Waals surface area contributed by atoms with Crippen molar-refractivity contribution in [1.82, 2.24) is 10.2 Å². The molecular formula is C20H38N2O2.